The van der Waals surface area contributed by atoms with Crippen LogP contribution in [0.5, 0.6) is 11.6 Å². The number of phenolic OH excluding ortho intramolecular Hbond substituents is 1. The molecule has 1 N–H and O–H groups in total. The Hall–Kier alpha value is -2.56. The van der Waals surface area contributed by atoms with E-state index in [0.29, 0.717) is 24.0 Å². The van der Waals surface area contributed by atoms with E-state index in [9.17, 15) is 9.90 Å². The highest BCUT2D eigenvalue weighted by atomic mass is 16.5. The smallest absolute Gasteiger partial charge is 0.213 e. The molecule has 148 valence electrons. The number of anilines is 1. The van der Waals surface area contributed by atoms with Gasteiger partial charge in [-0.25, -0.2) is 4.98 Å². The number of phenols is 1. The average molecular weight is 380 g/mol. The number of nitrogens with zero attached hydrogens (tertiary/aromatic N) is 2. The van der Waals surface area contributed by atoms with Gasteiger partial charge in [0.25, 0.3) is 0 Å². The van der Waals surface area contributed by atoms with E-state index in [4.69, 9.17) is 4.74 Å². The number of hydrogen-bond donors (Lipinski definition) is 1. The number of aromatic hydroxyl groups is 1. The van der Waals surface area contributed by atoms with E-state index < -0.39 is 0 Å². The molecule has 1 atom stereocenters. The molecule has 2 aliphatic rings. The summed E-state index contributed by atoms with van der Waals surface area (Å²) in [6.45, 7) is 4.67. The lowest BCUT2D eigenvalue weighted by molar-refractivity contribution is 0.112. The van der Waals surface area contributed by atoms with Gasteiger partial charge in [-0.15, -0.1) is 0 Å². The van der Waals surface area contributed by atoms with Crippen LogP contribution in [0.3, 0.4) is 0 Å². The number of piperidine rings is 1. The quantitative estimate of drug-likeness (QED) is 0.721. The fraction of sp³-hybridized carbons (Fsp3) is 0.478. The largest absolute Gasteiger partial charge is 0.508 e. The van der Waals surface area contributed by atoms with Crippen LogP contribution in [-0.2, 0) is 0 Å². The second-order valence-electron chi connectivity index (χ2n) is 8.16. The topological polar surface area (TPSA) is 62.7 Å². The molecular formula is C23H28N2O3. The van der Waals surface area contributed by atoms with Crippen LogP contribution in [0, 0.1) is 11.8 Å². The van der Waals surface area contributed by atoms with Gasteiger partial charge < -0.3 is 14.7 Å². The van der Waals surface area contributed by atoms with Gasteiger partial charge in [0.2, 0.25) is 5.88 Å². The second kappa shape index (κ2) is 8.21. The molecule has 0 bridgehead atoms. The Kier molecular flexibility index (Phi) is 5.51. The Balaban J connectivity index is 1.31. The number of hydrogen-bond acceptors (Lipinski definition) is 5. The summed E-state index contributed by atoms with van der Waals surface area (Å²) in [6.07, 6.45) is 7.37. The molecule has 0 spiro atoms. The number of carbonyl (C=O) groups excluding carboxylic acids is 1. The van der Waals surface area contributed by atoms with Crippen LogP contribution in [-0.4, -0.2) is 36.1 Å². The van der Waals surface area contributed by atoms with Crippen LogP contribution >= 0.6 is 0 Å². The van der Waals surface area contributed by atoms with E-state index in [0.717, 1.165) is 49.7 Å². The highest BCUT2D eigenvalue weighted by molar-refractivity contribution is 5.85. The van der Waals surface area contributed by atoms with Gasteiger partial charge in [-0.3, -0.25) is 4.79 Å². The average Bonchev–Trinajstić information content (AvgIpc) is 3.58. The minimum atomic E-state index is 0.192. The fourth-order valence-electron chi connectivity index (χ4n) is 4.10. The standard InChI is InChI=1S/C23H28N2O3/c1-16(18-2-3-18)19-6-9-24-23(12-19)28-15-17-7-10-25(11-8-17)22-13-21(27)5-4-20(22)14-26/h4-6,9,12-14,16-18,27H,2-3,7-8,10-11,15H2,1H3. The van der Waals surface area contributed by atoms with Gasteiger partial charge in [-0.05, 0) is 67.2 Å². The zero-order valence-electron chi connectivity index (χ0n) is 16.4. The molecule has 1 saturated carbocycles. The molecule has 4 rings (SSSR count). The van der Waals surface area contributed by atoms with Crippen molar-refractivity contribution >= 4 is 12.0 Å². The van der Waals surface area contributed by atoms with Gasteiger partial charge >= 0.3 is 0 Å². The summed E-state index contributed by atoms with van der Waals surface area (Å²) < 4.78 is 6.02. The SMILES string of the molecule is CC(c1ccnc(OCC2CCN(c3cc(O)ccc3C=O)CC2)c1)C1CC1. The van der Waals surface area contributed by atoms with Gasteiger partial charge in [0, 0.05) is 37.0 Å². The molecule has 0 radical (unpaired) electrons. The first kappa shape index (κ1) is 18.8. The molecule has 2 fully saturated rings. The van der Waals surface area contributed by atoms with Crippen molar-refractivity contribution in [2.75, 3.05) is 24.6 Å². The van der Waals surface area contributed by atoms with Crippen LogP contribution in [0.25, 0.3) is 0 Å². The van der Waals surface area contributed by atoms with E-state index >= 15 is 0 Å². The van der Waals surface area contributed by atoms with Crippen LogP contribution < -0.4 is 9.64 Å². The highest BCUT2D eigenvalue weighted by Gasteiger charge is 2.29. The maximum absolute atomic E-state index is 11.3. The lowest BCUT2D eigenvalue weighted by Crippen LogP contribution is -2.36. The summed E-state index contributed by atoms with van der Waals surface area (Å²) in [7, 11) is 0. The normalized spacial score (nSPS) is 18.7. The predicted octanol–water partition coefficient (Wildman–Crippen LogP) is 4.41. The van der Waals surface area contributed by atoms with Crippen molar-refractivity contribution in [1.82, 2.24) is 4.98 Å². The summed E-state index contributed by atoms with van der Waals surface area (Å²) in [6, 6.07) is 9.11. The second-order valence-corrected chi connectivity index (χ2v) is 8.16. The fourth-order valence-corrected chi connectivity index (χ4v) is 4.10. The third kappa shape index (κ3) is 4.29. The first-order chi connectivity index (χ1) is 13.6. The third-order valence-electron chi connectivity index (χ3n) is 6.18. The highest BCUT2D eigenvalue weighted by Crippen LogP contribution is 2.42. The molecule has 0 amide bonds. The number of aldehydes is 1. The monoisotopic (exact) mass is 380 g/mol. The number of ether oxygens (including phenoxy) is 1. The van der Waals surface area contributed by atoms with Gasteiger partial charge in [-0.1, -0.05) is 6.92 Å². The zero-order chi connectivity index (χ0) is 19.5. The van der Waals surface area contributed by atoms with E-state index in [1.807, 2.05) is 6.20 Å². The number of carbonyl (C=O) groups is 1. The van der Waals surface area contributed by atoms with Crippen LogP contribution in [0.4, 0.5) is 5.69 Å². The van der Waals surface area contributed by atoms with Gasteiger partial charge in [-0.2, -0.15) is 0 Å². The van der Waals surface area contributed by atoms with E-state index in [-0.39, 0.29) is 5.75 Å². The predicted molar refractivity (Wildman–Crippen MR) is 109 cm³/mol. The lowest BCUT2D eigenvalue weighted by Gasteiger charge is -2.34. The van der Waals surface area contributed by atoms with E-state index in [1.54, 1.807) is 18.2 Å². The molecule has 1 aromatic heterocycles. The van der Waals surface area contributed by atoms with Gasteiger partial charge in [0.15, 0.2) is 6.29 Å². The number of benzene rings is 1. The van der Waals surface area contributed by atoms with Crippen molar-refractivity contribution in [2.24, 2.45) is 11.8 Å². The summed E-state index contributed by atoms with van der Waals surface area (Å²) >= 11 is 0. The minimum absolute atomic E-state index is 0.192. The van der Waals surface area contributed by atoms with Crippen molar-refractivity contribution in [1.29, 1.82) is 0 Å². The number of aromatic nitrogens is 1. The van der Waals surface area contributed by atoms with Crippen molar-refractivity contribution < 1.29 is 14.6 Å². The maximum Gasteiger partial charge on any atom is 0.213 e. The van der Waals surface area contributed by atoms with Crippen LogP contribution in [0.2, 0.25) is 0 Å². The first-order valence-corrected chi connectivity index (χ1v) is 10.3. The Morgan fingerprint density at radius 1 is 1.21 bits per heavy atom. The Bertz CT molecular complexity index is 826. The summed E-state index contributed by atoms with van der Waals surface area (Å²) in [5.41, 5.74) is 2.77. The van der Waals surface area contributed by atoms with Crippen LogP contribution in [0.15, 0.2) is 36.5 Å². The van der Waals surface area contributed by atoms with E-state index in [2.05, 4.69) is 28.9 Å². The molecule has 1 saturated heterocycles. The summed E-state index contributed by atoms with van der Waals surface area (Å²) in [4.78, 5) is 17.8. The molecule has 1 aromatic carbocycles. The Morgan fingerprint density at radius 3 is 2.71 bits per heavy atom. The maximum atomic E-state index is 11.3. The lowest BCUT2D eigenvalue weighted by atomic mass is 9.96. The van der Waals surface area contributed by atoms with Gasteiger partial charge in [0.1, 0.15) is 5.75 Å². The summed E-state index contributed by atoms with van der Waals surface area (Å²) in [5, 5.41) is 9.76. The van der Waals surface area contributed by atoms with Crippen molar-refractivity contribution in [2.45, 2.75) is 38.5 Å². The Labute approximate surface area is 166 Å². The molecular weight excluding hydrogens is 352 g/mol. The zero-order valence-corrected chi connectivity index (χ0v) is 16.4. The van der Waals surface area contributed by atoms with Gasteiger partial charge in [0.05, 0.1) is 12.3 Å². The van der Waals surface area contributed by atoms with Crippen LogP contribution in [0.1, 0.15) is 54.4 Å². The number of rotatable bonds is 7. The minimum Gasteiger partial charge on any atom is -0.508 e. The van der Waals surface area contributed by atoms with Crippen molar-refractivity contribution in [3.05, 3.63) is 47.7 Å². The number of pyridine rings is 1. The molecule has 1 unspecified atom stereocenters. The molecule has 2 heterocycles. The molecule has 1 aliphatic carbocycles. The van der Waals surface area contributed by atoms with E-state index in [1.165, 1.54) is 18.4 Å². The van der Waals surface area contributed by atoms with Crippen molar-refractivity contribution in [3.8, 4) is 11.6 Å². The van der Waals surface area contributed by atoms with Crippen molar-refractivity contribution in [3.63, 3.8) is 0 Å². The molecule has 28 heavy (non-hydrogen) atoms. The summed E-state index contributed by atoms with van der Waals surface area (Å²) in [5.74, 6) is 2.80. The first-order valence-electron chi connectivity index (χ1n) is 10.3. The molecule has 5 nitrogen and oxygen atoms in total. The molecule has 5 heteroatoms. The Morgan fingerprint density at radius 2 is 2.00 bits per heavy atom. The third-order valence-corrected chi connectivity index (χ3v) is 6.18. The molecule has 1 aliphatic heterocycles. The molecule has 2 aromatic rings.